The van der Waals surface area contributed by atoms with Gasteiger partial charge in [0.2, 0.25) is 0 Å². The molecule has 0 heterocycles. The Morgan fingerprint density at radius 2 is 1.55 bits per heavy atom. The van der Waals surface area contributed by atoms with E-state index in [0.717, 1.165) is 16.9 Å². The Hall–Kier alpha value is -1.71. The summed E-state index contributed by atoms with van der Waals surface area (Å²) >= 11 is 6.05. The van der Waals surface area contributed by atoms with Gasteiger partial charge in [0.25, 0.3) is 0 Å². The van der Waals surface area contributed by atoms with Gasteiger partial charge < -0.3 is 15.2 Å². The van der Waals surface area contributed by atoms with Gasteiger partial charge in [-0.15, -0.1) is 0 Å². The van der Waals surface area contributed by atoms with Gasteiger partial charge >= 0.3 is 0 Å². The lowest BCUT2D eigenvalue weighted by molar-refractivity contribution is 0.412. The fraction of sp³-hybridized carbons (Fsp3) is 0.250. The maximum Gasteiger partial charge on any atom is 0.137 e. The highest BCUT2D eigenvalue weighted by atomic mass is 35.5. The molecule has 20 heavy (non-hydrogen) atoms. The van der Waals surface area contributed by atoms with Crippen LogP contribution < -0.4 is 15.2 Å². The zero-order valence-corrected chi connectivity index (χ0v) is 12.6. The summed E-state index contributed by atoms with van der Waals surface area (Å²) in [7, 11) is 3.23. The van der Waals surface area contributed by atoms with Gasteiger partial charge in [-0.25, -0.2) is 0 Å². The van der Waals surface area contributed by atoms with Crippen LogP contribution in [0.15, 0.2) is 42.5 Å². The summed E-state index contributed by atoms with van der Waals surface area (Å²) in [5.41, 5.74) is 7.77. The second-order valence-electron chi connectivity index (χ2n) is 4.78. The highest BCUT2D eigenvalue weighted by Gasteiger charge is 2.24. The third-order valence-electron chi connectivity index (χ3n) is 3.44. The summed E-state index contributed by atoms with van der Waals surface area (Å²) in [6.07, 6.45) is 0. The van der Waals surface area contributed by atoms with E-state index >= 15 is 0 Å². The molecule has 0 bridgehead atoms. The number of ether oxygens (including phenoxy) is 2. The largest absolute Gasteiger partial charge is 0.497 e. The first-order valence-electron chi connectivity index (χ1n) is 6.26. The first kappa shape index (κ1) is 14.7. The minimum Gasteiger partial charge on any atom is -0.497 e. The molecule has 0 aliphatic carbocycles. The minimum absolute atomic E-state index is 0.571. The Labute approximate surface area is 124 Å². The molecule has 2 rings (SSSR count). The van der Waals surface area contributed by atoms with Crippen LogP contribution in [0.1, 0.15) is 18.1 Å². The lowest BCUT2D eigenvalue weighted by atomic mass is 9.85. The monoisotopic (exact) mass is 291 g/mol. The van der Waals surface area contributed by atoms with Crippen molar-refractivity contribution in [3.63, 3.8) is 0 Å². The molecule has 0 fully saturated rings. The van der Waals surface area contributed by atoms with Crippen molar-refractivity contribution >= 4 is 11.6 Å². The van der Waals surface area contributed by atoms with Crippen LogP contribution in [0.5, 0.6) is 11.5 Å². The van der Waals surface area contributed by atoms with Crippen molar-refractivity contribution in [2.45, 2.75) is 12.5 Å². The molecule has 1 unspecified atom stereocenters. The zero-order valence-electron chi connectivity index (χ0n) is 11.8. The van der Waals surface area contributed by atoms with Crippen LogP contribution in [0.3, 0.4) is 0 Å². The van der Waals surface area contributed by atoms with Crippen LogP contribution in [0, 0.1) is 0 Å². The summed E-state index contributed by atoms with van der Waals surface area (Å²) in [5.74, 6) is 1.42. The zero-order chi connectivity index (χ0) is 14.8. The number of halogens is 1. The van der Waals surface area contributed by atoms with Crippen molar-refractivity contribution in [3.8, 4) is 11.5 Å². The van der Waals surface area contributed by atoms with Gasteiger partial charge in [0.15, 0.2) is 0 Å². The molecule has 0 saturated heterocycles. The van der Waals surface area contributed by atoms with Crippen LogP contribution in [-0.4, -0.2) is 14.2 Å². The van der Waals surface area contributed by atoms with Crippen LogP contribution in [-0.2, 0) is 5.54 Å². The normalized spacial score (nSPS) is 13.7. The molecule has 2 N–H and O–H groups in total. The molecule has 0 aliphatic heterocycles. The molecule has 0 aliphatic rings. The van der Waals surface area contributed by atoms with Gasteiger partial charge in [0.05, 0.1) is 24.8 Å². The van der Waals surface area contributed by atoms with Gasteiger partial charge in [0, 0.05) is 0 Å². The SMILES string of the molecule is COc1ccc(C(C)(N)c2ccc(Cl)c(OC)c2)cc1. The number of methoxy groups -OCH3 is 2. The average molecular weight is 292 g/mol. The Morgan fingerprint density at radius 1 is 0.950 bits per heavy atom. The van der Waals surface area contributed by atoms with E-state index in [-0.39, 0.29) is 0 Å². The lowest BCUT2D eigenvalue weighted by Gasteiger charge is -2.26. The van der Waals surface area contributed by atoms with Crippen LogP contribution >= 0.6 is 11.6 Å². The van der Waals surface area contributed by atoms with Crippen molar-refractivity contribution in [2.75, 3.05) is 14.2 Å². The fourth-order valence-corrected chi connectivity index (χ4v) is 2.28. The van der Waals surface area contributed by atoms with Crippen LogP contribution in [0.2, 0.25) is 5.02 Å². The van der Waals surface area contributed by atoms with E-state index in [1.165, 1.54) is 0 Å². The van der Waals surface area contributed by atoms with Crippen molar-refractivity contribution in [2.24, 2.45) is 5.73 Å². The number of rotatable bonds is 4. The maximum absolute atomic E-state index is 6.49. The van der Waals surface area contributed by atoms with E-state index in [2.05, 4.69) is 0 Å². The third-order valence-corrected chi connectivity index (χ3v) is 3.75. The molecule has 0 amide bonds. The second-order valence-corrected chi connectivity index (χ2v) is 5.19. The minimum atomic E-state index is -0.635. The molecular weight excluding hydrogens is 274 g/mol. The van der Waals surface area contributed by atoms with Gasteiger partial charge in [-0.3, -0.25) is 0 Å². The van der Waals surface area contributed by atoms with Crippen molar-refractivity contribution in [1.29, 1.82) is 0 Å². The second kappa shape index (κ2) is 5.73. The first-order valence-corrected chi connectivity index (χ1v) is 6.64. The molecule has 1 atom stereocenters. The molecule has 0 radical (unpaired) electrons. The molecule has 2 aromatic carbocycles. The number of benzene rings is 2. The van der Waals surface area contributed by atoms with Gasteiger partial charge in [0.1, 0.15) is 11.5 Å². The molecule has 3 nitrogen and oxygen atoms in total. The summed E-state index contributed by atoms with van der Waals surface area (Å²) in [4.78, 5) is 0. The Kier molecular flexibility index (Phi) is 4.21. The van der Waals surface area contributed by atoms with E-state index < -0.39 is 5.54 Å². The Balaban J connectivity index is 2.42. The van der Waals surface area contributed by atoms with Crippen molar-refractivity contribution in [1.82, 2.24) is 0 Å². The third kappa shape index (κ3) is 2.74. The standard InChI is InChI=1S/C16H18ClNO2/c1-16(18,11-4-7-13(19-2)8-5-11)12-6-9-14(17)15(10-12)20-3/h4-10H,18H2,1-3H3. The number of hydrogen-bond donors (Lipinski definition) is 1. The summed E-state index contributed by atoms with van der Waals surface area (Å²) in [6, 6.07) is 13.3. The Bertz CT molecular complexity index is 594. The summed E-state index contributed by atoms with van der Waals surface area (Å²) in [6.45, 7) is 1.96. The van der Waals surface area contributed by atoms with Gasteiger partial charge in [-0.05, 0) is 42.3 Å². The molecule has 106 valence electrons. The molecule has 2 aromatic rings. The van der Waals surface area contributed by atoms with Gasteiger partial charge in [-0.2, -0.15) is 0 Å². The quantitative estimate of drug-likeness (QED) is 0.936. The van der Waals surface area contributed by atoms with Crippen molar-refractivity contribution in [3.05, 3.63) is 58.6 Å². The molecule has 4 heteroatoms. The van der Waals surface area contributed by atoms with Crippen LogP contribution in [0.25, 0.3) is 0 Å². The van der Waals surface area contributed by atoms with E-state index in [1.807, 2.05) is 43.3 Å². The van der Waals surface area contributed by atoms with Gasteiger partial charge in [-0.1, -0.05) is 29.8 Å². The number of hydrogen-bond acceptors (Lipinski definition) is 3. The summed E-state index contributed by atoms with van der Waals surface area (Å²) in [5, 5.41) is 0.571. The fourth-order valence-electron chi connectivity index (χ4n) is 2.09. The smallest absolute Gasteiger partial charge is 0.137 e. The maximum atomic E-state index is 6.49. The highest BCUT2D eigenvalue weighted by Crippen LogP contribution is 2.33. The predicted octanol–water partition coefficient (Wildman–Crippen LogP) is 3.58. The molecule has 0 saturated carbocycles. The van der Waals surface area contributed by atoms with E-state index in [9.17, 15) is 0 Å². The van der Waals surface area contributed by atoms with E-state index in [0.29, 0.717) is 10.8 Å². The topological polar surface area (TPSA) is 44.5 Å². The van der Waals surface area contributed by atoms with E-state index in [1.54, 1.807) is 20.3 Å². The highest BCUT2D eigenvalue weighted by molar-refractivity contribution is 6.32. The molecule has 0 aromatic heterocycles. The molecule has 0 spiro atoms. The first-order chi connectivity index (χ1) is 9.48. The summed E-state index contributed by atoms with van der Waals surface area (Å²) < 4.78 is 10.4. The number of nitrogens with two attached hydrogens (primary N) is 1. The van der Waals surface area contributed by atoms with Crippen molar-refractivity contribution < 1.29 is 9.47 Å². The predicted molar refractivity (Wildman–Crippen MR) is 81.6 cm³/mol. The average Bonchev–Trinajstić information content (AvgIpc) is 2.47. The van der Waals surface area contributed by atoms with Crippen LogP contribution in [0.4, 0.5) is 0 Å². The van der Waals surface area contributed by atoms with E-state index in [4.69, 9.17) is 26.8 Å². The molecular formula is C16H18ClNO2. The Morgan fingerprint density at radius 3 is 2.10 bits per heavy atom. The lowest BCUT2D eigenvalue weighted by Crippen LogP contribution is -2.34.